The number of hydrogen-bond acceptors (Lipinski definition) is 3. The highest BCUT2D eigenvalue weighted by molar-refractivity contribution is 5.93. The van der Waals surface area contributed by atoms with E-state index in [0.717, 1.165) is 32.4 Å². The number of fused-ring (bicyclic) bond motifs is 2. The van der Waals surface area contributed by atoms with Gasteiger partial charge in [-0.3, -0.25) is 9.59 Å². The lowest BCUT2D eigenvalue weighted by Gasteiger charge is -2.40. The normalized spacial score (nSPS) is 20.5. The van der Waals surface area contributed by atoms with Crippen LogP contribution in [0.3, 0.4) is 0 Å². The van der Waals surface area contributed by atoms with Gasteiger partial charge >= 0.3 is 0 Å². The number of nitrogens with zero attached hydrogens (tertiary/aromatic N) is 2. The van der Waals surface area contributed by atoms with Crippen molar-refractivity contribution in [1.29, 1.82) is 0 Å². The highest BCUT2D eigenvalue weighted by Crippen LogP contribution is 2.52. The van der Waals surface area contributed by atoms with Crippen molar-refractivity contribution in [2.75, 3.05) is 27.2 Å². The highest BCUT2D eigenvalue weighted by Gasteiger charge is 2.46. The molecule has 1 fully saturated rings. The van der Waals surface area contributed by atoms with Gasteiger partial charge in [-0.1, -0.05) is 24.3 Å². The van der Waals surface area contributed by atoms with Gasteiger partial charge in [0, 0.05) is 33.6 Å². The van der Waals surface area contributed by atoms with Crippen molar-refractivity contribution < 1.29 is 14.0 Å². The van der Waals surface area contributed by atoms with Gasteiger partial charge in [0.1, 0.15) is 6.26 Å². The quantitative estimate of drug-likeness (QED) is 0.836. The molecule has 1 spiro atoms. The van der Waals surface area contributed by atoms with E-state index in [9.17, 15) is 9.59 Å². The Morgan fingerprint density at radius 1 is 1.19 bits per heavy atom. The highest BCUT2D eigenvalue weighted by atomic mass is 16.3. The molecule has 1 aromatic carbocycles. The minimum atomic E-state index is 0.0456. The average Bonchev–Trinajstić information content (AvgIpc) is 3.30. The third-order valence-corrected chi connectivity index (χ3v) is 6.30. The van der Waals surface area contributed by atoms with E-state index in [1.807, 2.05) is 19.0 Å². The molecule has 1 atom stereocenters. The van der Waals surface area contributed by atoms with E-state index in [2.05, 4.69) is 24.3 Å². The molecule has 4 rings (SSSR count). The number of furan rings is 1. The van der Waals surface area contributed by atoms with E-state index in [0.29, 0.717) is 12.0 Å². The molecule has 2 heterocycles. The van der Waals surface area contributed by atoms with Gasteiger partial charge < -0.3 is 14.2 Å². The van der Waals surface area contributed by atoms with Crippen molar-refractivity contribution in [3.63, 3.8) is 0 Å². The standard InChI is InChI=1S/C22H26N2O3/c1-23(2)20(25)13-17-14-22(19-6-4-3-5-18(17)19)8-10-24(11-9-22)21(26)16-7-12-27-15-16/h3-7,12,15,17H,8-11,13-14H2,1-2H3. The first-order valence-electron chi connectivity index (χ1n) is 9.61. The summed E-state index contributed by atoms with van der Waals surface area (Å²) in [7, 11) is 3.64. The second kappa shape index (κ2) is 6.87. The van der Waals surface area contributed by atoms with Crippen molar-refractivity contribution in [2.45, 2.75) is 37.0 Å². The van der Waals surface area contributed by atoms with E-state index in [1.165, 1.54) is 23.7 Å². The number of likely N-dealkylation sites (tertiary alicyclic amines) is 1. The van der Waals surface area contributed by atoms with Crippen molar-refractivity contribution in [1.82, 2.24) is 9.80 Å². The predicted octanol–water partition coefficient (Wildman–Crippen LogP) is 3.42. The minimum absolute atomic E-state index is 0.0456. The lowest BCUT2D eigenvalue weighted by atomic mass is 9.73. The fourth-order valence-electron chi connectivity index (χ4n) is 4.78. The molecular formula is C22H26N2O3. The van der Waals surface area contributed by atoms with Crippen LogP contribution in [0.4, 0.5) is 0 Å². The smallest absolute Gasteiger partial charge is 0.257 e. The molecule has 0 saturated carbocycles. The molecule has 5 heteroatoms. The zero-order valence-electron chi connectivity index (χ0n) is 16.0. The number of benzene rings is 1. The molecule has 1 aliphatic carbocycles. The van der Waals surface area contributed by atoms with E-state index >= 15 is 0 Å². The maximum Gasteiger partial charge on any atom is 0.257 e. The van der Waals surface area contributed by atoms with Crippen LogP contribution in [-0.2, 0) is 10.2 Å². The molecule has 1 aromatic heterocycles. The maximum atomic E-state index is 12.6. The molecule has 1 unspecified atom stereocenters. The number of carbonyl (C=O) groups is 2. The van der Waals surface area contributed by atoms with Crippen molar-refractivity contribution in [3.05, 3.63) is 59.5 Å². The largest absolute Gasteiger partial charge is 0.472 e. The number of hydrogen-bond donors (Lipinski definition) is 0. The first-order valence-corrected chi connectivity index (χ1v) is 9.61. The fourth-order valence-corrected chi connectivity index (χ4v) is 4.78. The summed E-state index contributed by atoms with van der Waals surface area (Å²) in [5.41, 5.74) is 3.41. The molecule has 2 aliphatic rings. The Hall–Kier alpha value is -2.56. The van der Waals surface area contributed by atoms with Gasteiger partial charge in [-0.25, -0.2) is 0 Å². The molecule has 2 amide bonds. The van der Waals surface area contributed by atoms with E-state index in [1.54, 1.807) is 11.0 Å². The van der Waals surface area contributed by atoms with Crippen LogP contribution in [0.5, 0.6) is 0 Å². The number of rotatable bonds is 3. The first-order chi connectivity index (χ1) is 13.0. The maximum absolute atomic E-state index is 12.6. The van der Waals surface area contributed by atoms with Gasteiger partial charge in [0.25, 0.3) is 5.91 Å². The van der Waals surface area contributed by atoms with Crippen molar-refractivity contribution in [3.8, 4) is 0 Å². The lowest BCUT2D eigenvalue weighted by Crippen LogP contribution is -2.44. The van der Waals surface area contributed by atoms with Gasteiger partial charge in [-0.2, -0.15) is 0 Å². The Bertz CT molecular complexity index is 833. The van der Waals surface area contributed by atoms with Crippen molar-refractivity contribution in [2.24, 2.45) is 0 Å². The molecule has 1 saturated heterocycles. The summed E-state index contributed by atoms with van der Waals surface area (Å²) in [5, 5.41) is 0. The van der Waals surface area contributed by atoms with Crippen LogP contribution in [0, 0.1) is 0 Å². The molecule has 1 aliphatic heterocycles. The van der Waals surface area contributed by atoms with Crippen LogP contribution >= 0.6 is 0 Å². The SMILES string of the molecule is CN(C)C(=O)CC1CC2(CCN(C(=O)c3ccoc3)CC2)c2ccccc21. The zero-order chi connectivity index (χ0) is 19.0. The lowest BCUT2D eigenvalue weighted by molar-refractivity contribution is -0.129. The summed E-state index contributed by atoms with van der Waals surface area (Å²) in [5.74, 6) is 0.496. The van der Waals surface area contributed by atoms with Crippen LogP contribution in [0.25, 0.3) is 0 Å². The average molecular weight is 366 g/mol. The van der Waals surface area contributed by atoms with E-state index < -0.39 is 0 Å². The molecular weight excluding hydrogens is 340 g/mol. The second-order valence-corrected chi connectivity index (χ2v) is 8.07. The fraction of sp³-hybridized carbons (Fsp3) is 0.455. The van der Waals surface area contributed by atoms with Gasteiger partial charge in [0.05, 0.1) is 11.8 Å². The van der Waals surface area contributed by atoms with Crippen LogP contribution in [0.1, 0.15) is 53.1 Å². The Morgan fingerprint density at radius 3 is 2.59 bits per heavy atom. The Kier molecular flexibility index (Phi) is 4.54. The summed E-state index contributed by atoms with van der Waals surface area (Å²) in [6, 6.07) is 10.3. The topological polar surface area (TPSA) is 53.8 Å². The Balaban J connectivity index is 1.52. The third-order valence-electron chi connectivity index (χ3n) is 6.30. The number of carbonyl (C=O) groups excluding carboxylic acids is 2. The molecule has 142 valence electrons. The first kappa shape index (κ1) is 17.8. The summed E-state index contributed by atoms with van der Waals surface area (Å²) < 4.78 is 5.05. The van der Waals surface area contributed by atoms with Gasteiger partial charge in [-0.15, -0.1) is 0 Å². The Labute approximate surface area is 159 Å². The number of amides is 2. The molecule has 0 bridgehead atoms. The molecule has 0 radical (unpaired) electrons. The van der Waals surface area contributed by atoms with Gasteiger partial charge in [0.15, 0.2) is 0 Å². The van der Waals surface area contributed by atoms with Crippen LogP contribution < -0.4 is 0 Å². The summed E-state index contributed by atoms with van der Waals surface area (Å²) in [6.07, 6.45) is 6.50. The van der Waals surface area contributed by atoms with Gasteiger partial charge in [0.2, 0.25) is 5.91 Å². The van der Waals surface area contributed by atoms with Crippen LogP contribution in [0.2, 0.25) is 0 Å². The van der Waals surface area contributed by atoms with E-state index in [-0.39, 0.29) is 23.1 Å². The third kappa shape index (κ3) is 3.15. The van der Waals surface area contributed by atoms with Crippen LogP contribution in [-0.4, -0.2) is 48.8 Å². The molecule has 5 nitrogen and oxygen atoms in total. The van der Waals surface area contributed by atoms with E-state index in [4.69, 9.17) is 4.42 Å². The van der Waals surface area contributed by atoms with Crippen molar-refractivity contribution >= 4 is 11.8 Å². The summed E-state index contributed by atoms with van der Waals surface area (Å²) in [4.78, 5) is 28.5. The summed E-state index contributed by atoms with van der Waals surface area (Å²) >= 11 is 0. The second-order valence-electron chi connectivity index (χ2n) is 8.07. The number of piperidine rings is 1. The zero-order valence-corrected chi connectivity index (χ0v) is 16.0. The van der Waals surface area contributed by atoms with Gasteiger partial charge in [-0.05, 0) is 47.8 Å². The minimum Gasteiger partial charge on any atom is -0.472 e. The summed E-state index contributed by atoms with van der Waals surface area (Å²) in [6.45, 7) is 1.49. The predicted molar refractivity (Wildman–Crippen MR) is 103 cm³/mol. The Morgan fingerprint density at radius 2 is 1.93 bits per heavy atom. The van der Waals surface area contributed by atoms with Crippen LogP contribution in [0.15, 0.2) is 47.3 Å². The monoisotopic (exact) mass is 366 g/mol. The molecule has 2 aromatic rings. The molecule has 0 N–H and O–H groups in total. The molecule has 27 heavy (non-hydrogen) atoms.